The van der Waals surface area contributed by atoms with E-state index in [1.54, 1.807) is 26.0 Å². The van der Waals surface area contributed by atoms with Crippen molar-refractivity contribution in [3.05, 3.63) is 24.3 Å². The number of hydrogen-bond donors (Lipinski definition) is 2. The first kappa shape index (κ1) is 14.5. The van der Waals surface area contributed by atoms with Crippen molar-refractivity contribution in [2.24, 2.45) is 5.92 Å². The van der Waals surface area contributed by atoms with Gasteiger partial charge < -0.3 is 10.4 Å². The zero-order chi connectivity index (χ0) is 13.9. The molecule has 1 atom stereocenters. The smallest absolute Gasteiger partial charge is 0.326 e. The molecule has 0 spiro atoms. The number of hydrogen-bond acceptors (Lipinski definition) is 4. The quantitative estimate of drug-likeness (QED) is 0.850. The van der Waals surface area contributed by atoms with E-state index in [1.165, 1.54) is 12.1 Å². The molecule has 0 aliphatic carbocycles. The highest BCUT2D eigenvalue weighted by molar-refractivity contribution is 7.90. The van der Waals surface area contributed by atoms with Gasteiger partial charge in [0.25, 0.3) is 0 Å². The molecule has 0 radical (unpaired) electrons. The van der Waals surface area contributed by atoms with Crippen molar-refractivity contribution in [2.45, 2.75) is 24.8 Å². The summed E-state index contributed by atoms with van der Waals surface area (Å²) in [7, 11) is -3.22. The van der Waals surface area contributed by atoms with Gasteiger partial charge in [0, 0.05) is 11.9 Å². The largest absolute Gasteiger partial charge is 0.480 e. The van der Waals surface area contributed by atoms with Gasteiger partial charge in [-0.2, -0.15) is 0 Å². The Morgan fingerprint density at radius 3 is 2.06 bits per heavy atom. The average molecular weight is 271 g/mol. The van der Waals surface area contributed by atoms with Crippen molar-refractivity contribution in [1.82, 2.24) is 0 Å². The van der Waals surface area contributed by atoms with Crippen molar-refractivity contribution < 1.29 is 18.3 Å². The highest BCUT2D eigenvalue weighted by Gasteiger charge is 2.21. The zero-order valence-electron chi connectivity index (χ0n) is 10.5. The molecule has 2 N–H and O–H groups in total. The summed E-state index contributed by atoms with van der Waals surface area (Å²) < 4.78 is 22.5. The van der Waals surface area contributed by atoms with Gasteiger partial charge in [0.1, 0.15) is 6.04 Å². The van der Waals surface area contributed by atoms with E-state index in [4.69, 9.17) is 5.11 Å². The third kappa shape index (κ3) is 3.73. The molecule has 100 valence electrons. The van der Waals surface area contributed by atoms with Crippen LogP contribution in [0.15, 0.2) is 29.2 Å². The van der Waals surface area contributed by atoms with Crippen molar-refractivity contribution in [1.29, 1.82) is 0 Å². The van der Waals surface area contributed by atoms with Gasteiger partial charge in [0.05, 0.1) is 4.90 Å². The van der Waals surface area contributed by atoms with Crippen LogP contribution in [0.5, 0.6) is 0 Å². The molecule has 0 aromatic heterocycles. The van der Waals surface area contributed by atoms with Crippen LogP contribution in [0.3, 0.4) is 0 Å². The van der Waals surface area contributed by atoms with E-state index in [0.29, 0.717) is 5.69 Å². The molecule has 0 bridgehead atoms. The summed E-state index contributed by atoms with van der Waals surface area (Å²) in [4.78, 5) is 11.2. The molecule has 0 unspecified atom stereocenters. The van der Waals surface area contributed by atoms with E-state index < -0.39 is 21.8 Å². The Kier molecular flexibility index (Phi) is 4.34. The first-order valence-corrected chi connectivity index (χ1v) is 7.40. The summed E-state index contributed by atoms with van der Waals surface area (Å²) in [6.45, 7) is 3.60. The van der Waals surface area contributed by atoms with Gasteiger partial charge in [-0.15, -0.1) is 0 Å². The Balaban J connectivity index is 2.90. The topological polar surface area (TPSA) is 83.5 Å². The number of carboxylic acids is 1. The summed E-state index contributed by atoms with van der Waals surface area (Å²) in [6.07, 6.45) is 1.13. The Morgan fingerprint density at radius 2 is 1.72 bits per heavy atom. The fraction of sp³-hybridized carbons (Fsp3) is 0.417. The van der Waals surface area contributed by atoms with Crippen LogP contribution < -0.4 is 5.32 Å². The normalized spacial score (nSPS) is 13.3. The minimum absolute atomic E-state index is 0.0721. The number of benzene rings is 1. The molecule has 1 rings (SSSR count). The number of sulfone groups is 1. The van der Waals surface area contributed by atoms with E-state index >= 15 is 0 Å². The number of rotatable bonds is 5. The Bertz CT molecular complexity index is 520. The maximum absolute atomic E-state index is 11.3. The Hall–Kier alpha value is -1.56. The molecule has 5 nitrogen and oxygen atoms in total. The van der Waals surface area contributed by atoms with Crippen LogP contribution >= 0.6 is 0 Å². The number of aliphatic carboxylic acids is 1. The molecule has 0 heterocycles. The fourth-order valence-electron chi connectivity index (χ4n) is 1.49. The lowest BCUT2D eigenvalue weighted by Gasteiger charge is -2.19. The molecule has 18 heavy (non-hydrogen) atoms. The van der Waals surface area contributed by atoms with Gasteiger partial charge in [-0.25, -0.2) is 13.2 Å². The van der Waals surface area contributed by atoms with E-state index in [9.17, 15) is 13.2 Å². The van der Waals surface area contributed by atoms with Gasteiger partial charge in [-0.1, -0.05) is 13.8 Å². The lowest BCUT2D eigenvalue weighted by Crippen LogP contribution is -2.34. The molecule has 0 saturated heterocycles. The van der Waals surface area contributed by atoms with Crippen molar-refractivity contribution in [3.8, 4) is 0 Å². The zero-order valence-corrected chi connectivity index (χ0v) is 11.4. The summed E-state index contributed by atoms with van der Waals surface area (Å²) >= 11 is 0. The summed E-state index contributed by atoms with van der Waals surface area (Å²) in [6, 6.07) is 5.34. The number of nitrogens with one attached hydrogen (secondary N) is 1. The molecule has 0 fully saturated rings. The highest BCUT2D eigenvalue weighted by Crippen LogP contribution is 2.16. The lowest BCUT2D eigenvalue weighted by atomic mass is 10.0. The third-order valence-corrected chi connectivity index (χ3v) is 3.67. The van der Waals surface area contributed by atoms with Crippen LogP contribution in [-0.2, 0) is 14.6 Å². The van der Waals surface area contributed by atoms with Gasteiger partial charge >= 0.3 is 5.97 Å². The van der Waals surface area contributed by atoms with E-state index in [0.717, 1.165) is 6.26 Å². The first-order valence-electron chi connectivity index (χ1n) is 5.51. The Morgan fingerprint density at radius 1 is 1.22 bits per heavy atom. The Labute approximate surface area is 107 Å². The first-order chi connectivity index (χ1) is 8.21. The molecule has 1 aromatic carbocycles. The maximum atomic E-state index is 11.3. The van der Waals surface area contributed by atoms with E-state index in [-0.39, 0.29) is 10.8 Å². The van der Waals surface area contributed by atoms with Crippen molar-refractivity contribution >= 4 is 21.5 Å². The van der Waals surface area contributed by atoms with E-state index in [2.05, 4.69) is 5.32 Å². The highest BCUT2D eigenvalue weighted by atomic mass is 32.2. The van der Waals surface area contributed by atoms with Gasteiger partial charge in [-0.05, 0) is 30.2 Å². The molecule has 0 aliphatic rings. The van der Waals surface area contributed by atoms with Crippen LogP contribution in [0.25, 0.3) is 0 Å². The van der Waals surface area contributed by atoms with Gasteiger partial charge in [0.15, 0.2) is 9.84 Å². The monoisotopic (exact) mass is 271 g/mol. The molecular weight excluding hydrogens is 254 g/mol. The van der Waals surface area contributed by atoms with Crippen LogP contribution in [0, 0.1) is 5.92 Å². The lowest BCUT2D eigenvalue weighted by molar-refractivity contribution is -0.138. The molecule has 0 amide bonds. The fourth-order valence-corrected chi connectivity index (χ4v) is 2.12. The van der Waals surface area contributed by atoms with Crippen LogP contribution in [0.1, 0.15) is 13.8 Å². The number of carboxylic acid groups (broad SMARTS) is 1. The second kappa shape index (κ2) is 5.39. The van der Waals surface area contributed by atoms with Gasteiger partial charge in [0.2, 0.25) is 0 Å². The van der Waals surface area contributed by atoms with Crippen molar-refractivity contribution in [3.63, 3.8) is 0 Å². The molecule has 0 aliphatic heterocycles. The number of carbonyl (C=O) groups is 1. The summed E-state index contributed by atoms with van der Waals surface area (Å²) in [5.41, 5.74) is 0.587. The summed E-state index contributed by atoms with van der Waals surface area (Å²) in [5.74, 6) is -1.01. The number of anilines is 1. The molecule has 0 saturated carbocycles. The standard InChI is InChI=1S/C12H17NO4S/c1-8(2)11(12(14)15)13-9-4-6-10(7-5-9)18(3,16)17/h4-8,11,13H,1-3H3,(H,14,15)/t11-/m1/s1. The van der Waals surface area contributed by atoms with E-state index in [1.807, 2.05) is 0 Å². The predicted octanol–water partition coefficient (Wildman–Crippen LogP) is 1.61. The minimum Gasteiger partial charge on any atom is -0.480 e. The van der Waals surface area contributed by atoms with Crippen LogP contribution in [0.4, 0.5) is 5.69 Å². The van der Waals surface area contributed by atoms with Crippen LogP contribution in [0.2, 0.25) is 0 Å². The predicted molar refractivity (Wildman–Crippen MR) is 69.4 cm³/mol. The second-order valence-corrected chi connectivity index (χ2v) is 6.52. The second-order valence-electron chi connectivity index (χ2n) is 4.50. The third-order valence-electron chi connectivity index (χ3n) is 2.54. The average Bonchev–Trinajstić information content (AvgIpc) is 2.24. The van der Waals surface area contributed by atoms with Gasteiger partial charge in [-0.3, -0.25) is 0 Å². The van der Waals surface area contributed by atoms with Crippen LogP contribution in [-0.4, -0.2) is 31.8 Å². The molecular formula is C12H17NO4S. The molecule has 1 aromatic rings. The maximum Gasteiger partial charge on any atom is 0.326 e. The summed E-state index contributed by atoms with van der Waals surface area (Å²) in [5, 5.41) is 11.9. The SMILES string of the molecule is CC(C)[C@@H](Nc1ccc(S(C)(=O)=O)cc1)C(=O)O. The van der Waals surface area contributed by atoms with Crippen molar-refractivity contribution in [2.75, 3.05) is 11.6 Å². The molecule has 6 heteroatoms. The minimum atomic E-state index is -3.22.